The summed E-state index contributed by atoms with van der Waals surface area (Å²) in [5.74, 6) is 1.26. The van der Waals surface area contributed by atoms with Crippen LogP contribution in [0.3, 0.4) is 0 Å². The Kier molecular flexibility index (Phi) is 7.59. The van der Waals surface area contributed by atoms with Gasteiger partial charge in [-0.25, -0.2) is 9.80 Å². The van der Waals surface area contributed by atoms with Crippen molar-refractivity contribution in [2.75, 3.05) is 52.5 Å². The third-order valence-electron chi connectivity index (χ3n) is 7.77. The van der Waals surface area contributed by atoms with Gasteiger partial charge in [-0.2, -0.15) is 0 Å². The molecule has 4 fully saturated rings. The summed E-state index contributed by atoms with van der Waals surface area (Å²) < 4.78 is 5.59. The molecule has 3 saturated heterocycles. The van der Waals surface area contributed by atoms with Gasteiger partial charge in [0.05, 0.1) is 18.2 Å². The fourth-order valence-corrected chi connectivity index (χ4v) is 6.26. The molecule has 0 aromatic carbocycles. The van der Waals surface area contributed by atoms with E-state index in [4.69, 9.17) is 4.74 Å². The van der Waals surface area contributed by atoms with Crippen LogP contribution in [-0.2, 0) is 9.53 Å². The minimum absolute atomic E-state index is 0.0220. The number of hydrazine groups is 1. The third kappa shape index (κ3) is 5.21. The quantitative estimate of drug-likeness (QED) is 0.645. The fraction of sp³-hybridized carbons (Fsp3) is 0.913. The Hall–Kier alpha value is -1.42. The molecule has 2 N–H and O–H groups in total. The van der Waals surface area contributed by atoms with E-state index in [9.17, 15) is 9.59 Å². The van der Waals surface area contributed by atoms with Crippen molar-refractivity contribution in [1.29, 1.82) is 0 Å². The molecule has 0 aromatic heterocycles. The summed E-state index contributed by atoms with van der Waals surface area (Å²) in [6.07, 6.45) is 2.66. The Morgan fingerprint density at radius 2 is 1.91 bits per heavy atom. The molecule has 0 bridgehead atoms. The van der Waals surface area contributed by atoms with Crippen molar-refractivity contribution < 1.29 is 14.3 Å². The highest BCUT2D eigenvalue weighted by atomic mass is 16.6. The predicted molar refractivity (Wildman–Crippen MR) is 123 cm³/mol. The van der Waals surface area contributed by atoms with Gasteiger partial charge < -0.3 is 19.9 Å². The van der Waals surface area contributed by atoms with Gasteiger partial charge in [0.1, 0.15) is 0 Å². The van der Waals surface area contributed by atoms with Gasteiger partial charge in [-0.15, -0.1) is 0 Å². The number of fused-ring (bicyclic) bond motifs is 1. The van der Waals surface area contributed by atoms with E-state index in [2.05, 4.69) is 20.7 Å². The molecule has 0 radical (unpaired) electrons. The van der Waals surface area contributed by atoms with Gasteiger partial charge in [-0.3, -0.25) is 15.1 Å². The van der Waals surface area contributed by atoms with Crippen LogP contribution >= 0.6 is 0 Å². The molecular weight excluding hydrogens is 408 g/mol. The van der Waals surface area contributed by atoms with E-state index in [0.717, 1.165) is 65.2 Å². The largest absolute Gasteiger partial charge is 0.447 e. The van der Waals surface area contributed by atoms with Gasteiger partial charge in [0.2, 0.25) is 5.91 Å². The topological polar surface area (TPSA) is 80.4 Å². The lowest BCUT2D eigenvalue weighted by atomic mass is 9.73. The smallest absolute Gasteiger partial charge is 0.410 e. The zero-order valence-corrected chi connectivity index (χ0v) is 20.3. The van der Waals surface area contributed by atoms with E-state index < -0.39 is 0 Å². The van der Waals surface area contributed by atoms with Crippen molar-refractivity contribution in [3.63, 3.8) is 0 Å². The zero-order chi connectivity index (χ0) is 22.8. The van der Waals surface area contributed by atoms with Gasteiger partial charge in [-0.1, -0.05) is 0 Å². The van der Waals surface area contributed by atoms with Crippen LogP contribution < -0.4 is 10.7 Å². The Bertz CT molecular complexity index is 670. The molecule has 1 aliphatic carbocycles. The van der Waals surface area contributed by atoms with Crippen LogP contribution in [0.1, 0.15) is 47.0 Å². The lowest BCUT2D eigenvalue weighted by molar-refractivity contribution is -0.142. The number of piperazine rings is 1. The van der Waals surface area contributed by atoms with Crippen molar-refractivity contribution in [3.05, 3.63) is 0 Å². The van der Waals surface area contributed by atoms with Crippen molar-refractivity contribution >= 4 is 12.0 Å². The summed E-state index contributed by atoms with van der Waals surface area (Å²) in [4.78, 5) is 31.8. The number of hydrogen-bond acceptors (Lipinski definition) is 7. The lowest BCUT2D eigenvalue weighted by Crippen LogP contribution is -2.67. The molecule has 2 amide bonds. The van der Waals surface area contributed by atoms with Crippen LogP contribution in [0.15, 0.2) is 0 Å². The van der Waals surface area contributed by atoms with Gasteiger partial charge in [0.25, 0.3) is 0 Å². The molecule has 9 nitrogen and oxygen atoms in total. The summed E-state index contributed by atoms with van der Waals surface area (Å²) in [7, 11) is 0. The second kappa shape index (κ2) is 10.2. The van der Waals surface area contributed by atoms with Crippen molar-refractivity contribution in [1.82, 2.24) is 30.5 Å². The second-order valence-corrected chi connectivity index (χ2v) is 10.4. The Labute approximate surface area is 192 Å². The highest BCUT2D eigenvalue weighted by molar-refractivity contribution is 5.75. The fourth-order valence-electron chi connectivity index (χ4n) is 6.26. The molecular formula is C23H42N6O3. The maximum atomic E-state index is 12.9. The summed E-state index contributed by atoms with van der Waals surface area (Å²) in [6.45, 7) is 15.5. The highest BCUT2D eigenvalue weighted by Crippen LogP contribution is 2.39. The number of nitrogens with zero attached hydrogens (tertiary/aromatic N) is 4. The molecule has 32 heavy (non-hydrogen) atoms. The average molecular weight is 451 g/mol. The minimum atomic E-state index is -0.226. The molecule has 0 spiro atoms. The molecule has 4 unspecified atom stereocenters. The molecule has 3 heterocycles. The van der Waals surface area contributed by atoms with Gasteiger partial charge >= 0.3 is 6.09 Å². The van der Waals surface area contributed by atoms with Crippen LogP contribution in [0.5, 0.6) is 0 Å². The number of hydrogen-bond donors (Lipinski definition) is 2. The van der Waals surface area contributed by atoms with Crippen LogP contribution in [0.4, 0.5) is 4.79 Å². The van der Waals surface area contributed by atoms with E-state index in [-0.39, 0.29) is 36.2 Å². The highest BCUT2D eigenvalue weighted by Gasteiger charge is 2.48. The monoisotopic (exact) mass is 450 g/mol. The zero-order valence-electron chi connectivity index (χ0n) is 20.3. The molecule has 3 aliphatic heterocycles. The molecule has 5 atom stereocenters. The van der Waals surface area contributed by atoms with Crippen LogP contribution in [-0.4, -0.2) is 108 Å². The number of amides is 2. The summed E-state index contributed by atoms with van der Waals surface area (Å²) in [6, 6.07) is 0.166. The standard InChI is InChI=1S/C23H42N6O3/c1-16(2)32-23(31)28-13-17(3)29(18(4)30)21-6-5-19(11-22(21)28)20-12-25-27(14-20)10-9-26-8-7-24-15-26/h16-17,19-22,24-25H,5-15H2,1-4H3/t17-,19?,20?,21?,22?/m0/s1. The summed E-state index contributed by atoms with van der Waals surface area (Å²) in [5.41, 5.74) is 3.61. The molecule has 4 aliphatic rings. The minimum Gasteiger partial charge on any atom is -0.447 e. The summed E-state index contributed by atoms with van der Waals surface area (Å²) >= 11 is 0. The van der Waals surface area contributed by atoms with E-state index in [1.165, 1.54) is 0 Å². The number of carbonyl (C=O) groups is 2. The maximum absolute atomic E-state index is 12.9. The molecule has 0 aromatic rings. The van der Waals surface area contributed by atoms with E-state index >= 15 is 0 Å². The first kappa shape index (κ1) is 23.7. The summed E-state index contributed by atoms with van der Waals surface area (Å²) in [5, 5.41) is 5.77. The van der Waals surface area contributed by atoms with Gasteiger partial charge in [-0.05, 0) is 51.9 Å². The Morgan fingerprint density at radius 3 is 2.59 bits per heavy atom. The van der Waals surface area contributed by atoms with E-state index in [0.29, 0.717) is 18.4 Å². The maximum Gasteiger partial charge on any atom is 0.410 e. The number of rotatable bonds is 5. The molecule has 4 rings (SSSR count). The van der Waals surface area contributed by atoms with Crippen LogP contribution in [0.2, 0.25) is 0 Å². The van der Waals surface area contributed by atoms with E-state index in [1.807, 2.05) is 30.6 Å². The lowest BCUT2D eigenvalue weighted by Gasteiger charge is -2.54. The number of carbonyl (C=O) groups excluding carboxylic acids is 2. The molecule has 1 saturated carbocycles. The predicted octanol–water partition coefficient (Wildman–Crippen LogP) is 0.920. The second-order valence-electron chi connectivity index (χ2n) is 10.4. The van der Waals surface area contributed by atoms with Crippen LogP contribution in [0, 0.1) is 11.8 Å². The first-order valence-electron chi connectivity index (χ1n) is 12.5. The van der Waals surface area contributed by atoms with Crippen molar-refractivity contribution in [3.8, 4) is 0 Å². The first-order chi connectivity index (χ1) is 15.3. The third-order valence-corrected chi connectivity index (χ3v) is 7.77. The Morgan fingerprint density at radius 1 is 1.09 bits per heavy atom. The normalized spacial score (nSPS) is 34.2. The molecule has 9 heteroatoms. The molecule has 182 valence electrons. The van der Waals surface area contributed by atoms with E-state index in [1.54, 1.807) is 6.92 Å². The van der Waals surface area contributed by atoms with Crippen molar-refractivity contribution in [2.24, 2.45) is 11.8 Å². The SMILES string of the molecule is CC(=O)N1C2CCC(C3CNN(CCN4CCNC4)C3)CC2N(C(=O)OC(C)C)C[C@@H]1C. The number of nitrogens with one attached hydrogen (secondary N) is 2. The van der Waals surface area contributed by atoms with Crippen LogP contribution in [0.25, 0.3) is 0 Å². The first-order valence-corrected chi connectivity index (χ1v) is 12.5. The van der Waals surface area contributed by atoms with Crippen molar-refractivity contribution in [2.45, 2.75) is 71.2 Å². The number of ether oxygens (including phenoxy) is 1. The Balaban J connectivity index is 1.39. The van der Waals surface area contributed by atoms with Gasteiger partial charge in [0.15, 0.2) is 0 Å². The average Bonchev–Trinajstić information content (AvgIpc) is 3.42. The van der Waals surface area contributed by atoms with Gasteiger partial charge in [0, 0.05) is 65.4 Å².